The molecule has 1 aliphatic rings. The molecule has 0 radical (unpaired) electrons. The molecule has 0 saturated carbocycles. The van der Waals surface area contributed by atoms with Gasteiger partial charge in [-0.05, 0) is 71.6 Å². The van der Waals surface area contributed by atoms with E-state index in [1.807, 2.05) is 6.92 Å². The highest BCUT2D eigenvalue weighted by atomic mass is 16.7. The summed E-state index contributed by atoms with van der Waals surface area (Å²) >= 11 is 0. The van der Waals surface area contributed by atoms with E-state index in [9.17, 15) is 66.1 Å². The van der Waals surface area contributed by atoms with Crippen molar-refractivity contribution >= 4 is 11.7 Å². The number of Topliss-reactive ketones (excluding diaryl/α,β-unsaturated/α-hetero) is 1. The van der Waals surface area contributed by atoms with Gasteiger partial charge < -0.3 is 82.2 Å². The van der Waals surface area contributed by atoms with Crippen LogP contribution in [0.4, 0.5) is 0 Å². The molecular formula is C42H75N3O15. The number of ether oxygens (including phenoxy) is 2. The molecule has 16 unspecified atom stereocenters. The van der Waals surface area contributed by atoms with Crippen molar-refractivity contribution in [3.63, 3.8) is 0 Å². The van der Waals surface area contributed by atoms with Gasteiger partial charge >= 0.3 is 0 Å². The summed E-state index contributed by atoms with van der Waals surface area (Å²) in [5.74, 6) is -1.24. The molecule has 0 spiro atoms. The number of aliphatic hydroxyl groups is 12. The van der Waals surface area contributed by atoms with Gasteiger partial charge in [-0.1, -0.05) is 55.5 Å². The van der Waals surface area contributed by atoms with E-state index in [2.05, 4.69) is 4.99 Å². The fourth-order valence-electron chi connectivity index (χ4n) is 6.68. The van der Waals surface area contributed by atoms with Gasteiger partial charge in [0.25, 0.3) is 0 Å². The van der Waals surface area contributed by atoms with E-state index < -0.39 is 103 Å². The molecule has 0 amide bonds. The van der Waals surface area contributed by atoms with Crippen LogP contribution in [-0.2, 0) is 14.3 Å². The van der Waals surface area contributed by atoms with Crippen molar-refractivity contribution < 1.29 is 75.5 Å². The molecule has 0 bridgehead atoms. The number of carbonyl (C=O) groups is 1. The molecule has 0 aromatic rings. The second kappa shape index (κ2) is 30.4. The van der Waals surface area contributed by atoms with Crippen molar-refractivity contribution in [2.45, 2.75) is 190 Å². The number of hydrogen-bond donors (Lipinski definition) is 14. The Morgan fingerprint density at radius 2 is 1.20 bits per heavy atom. The minimum atomic E-state index is -1.57. The van der Waals surface area contributed by atoms with E-state index in [-0.39, 0.29) is 70.2 Å². The van der Waals surface area contributed by atoms with Crippen molar-refractivity contribution in [1.82, 2.24) is 0 Å². The van der Waals surface area contributed by atoms with E-state index >= 15 is 0 Å². The number of rotatable bonds is 31. The third-order valence-corrected chi connectivity index (χ3v) is 10.2. The zero-order chi connectivity index (χ0) is 45.4. The molecule has 18 nitrogen and oxygen atoms in total. The molecule has 16 N–H and O–H groups in total. The highest BCUT2D eigenvalue weighted by molar-refractivity contribution is 5.81. The first-order valence-electron chi connectivity index (χ1n) is 20.9. The molecule has 0 aromatic heterocycles. The molecule has 60 heavy (non-hydrogen) atoms. The average molecular weight is 862 g/mol. The van der Waals surface area contributed by atoms with Crippen LogP contribution < -0.4 is 11.5 Å². The van der Waals surface area contributed by atoms with Crippen LogP contribution in [0.1, 0.15) is 97.8 Å². The fourth-order valence-corrected chi connectivity index (χ4v) is 6.68. The normalized spacial score (nSPS) is 25.8. The SMILES string of the molecule is CC=CC=CCC(OC1OC(C)C(O)C(O)C1O)C(C)C(=O)CC(O)CC(O)CC(O)C=CCC(O)CC(O)CC(O)CC(O)C=CCC(O)CC(O)CCCN=C(N)N. The summed E-state index contributed by atoms with van der Waals surface area (Å²) in [6.07, 6.45) is -3.50. The maximum atomic E-state index is 13.2. The fraction of sp³-hybridized carbons (Fsp3) is 0.762. The Balaban J connectivity index is 2.47. The number of guanidine groups is 1. The lowest BCUT2D eigenvalue weighted by molar-refractivity contribution is -0.306. The first-order chi connectivity index (χ1) is 28.2. The van der Waals surface area contributed by atoms with Crippen molar-refractivity contribution in [2.24, 2.45) is 22.4 Å². The number of ketones is 1. The minimum Gasteiger partial charge on any atom is -0.393 e. The summed E-state index contributed by atoms with van der Waals surface area (Å²) in [4.78, 5) is 17.0. The molecule has 1 aliphatic heterocycles. The molecule has 1 saturated heterocycles. The van der Waals surface area contributed by atoms with Crippen molar-refractivity contribution in [3.05, 3.63) is 48.6 Å². The van der Waals surface area contributed by atoms with Gasteiger partial charge in [0.1, 0.15) is 24.1 Å². The number of nitrogens with zero attached hydrogens (tertiary/aromatic N) is 1. The lowest BCUT2D eigenvalue weighted by Gasteiger charge is -2.41. The van der Waals surface area contributed by atoms with E-state index in [4.69, 9.17) is 20.9 Å². The van der Waals surface area contributed by atoms with Crippen LogP contribution in [0.15, 0.2) is 53.6 Å². The number of nitrogens with two attached hydrogens (primary N) is 2. The van der Waals surface area contributed by atoms with Crippen molar-refractivity contribution in [2.75, 3.05) is 6.54 Å². The van der Waals surface area contributed by atoms with Crippen LogP contribution in [0.5, 0.6) is 0 Å². The summed E-state index contributed by atoms with van der Waals surface area (Å²) in [6.45, 7) is 5.30. The van der Waals surface area contributed by atoms with Gasteiger partial charge in [-0.3, -0.25) is 9.79 Å². The second-order valence-electron chi connectivity index (χ2n) is 15.9. The third kappa shape index (κ3) is 24.1. The van der Waals surface area contributed by atoms with E-state index in [1.165, 1.54) is 25.2 Å². The standard InChI is InChI=1S/C42H75N3O15/c1-4-5-6-7-16-37(60-41-40(58)39(57)38(56)26(3)59-41)25(2)36(55)24-35(54)23-34(53)21-30(49)14-9-13-29(48)20-33(52)22-32(51)19-28(47)12-8-11-27(46)18-31(50)15-10-17-45-42(43)44/h4-9,12,14,25-35,37-41,46-54,56-58H,10-11,13,15-24H2,1-3H3,(H4,43,44,45). The number of allylic oxidation sites excluding steroid dienone is 3. The van der Waals surface area contributed by atoms with E-state index in [0.717, 1.165) is 0 Å². The van der Waals surface area contributed by atoms with E-state index in [0.29, 0.717) is 19.4 Å². The Morgan fingerprint density at radius 3 is 1.75 bits per heavy atom. The van der Waals surface area contributed by atoms with Crippen LogP contribution in [0.2, 0.25) is 0 Å². The molecular weight excluding hydrogens is 786 g/mol. The molecule has 16 atom stereocenters. The van der Waals surface area contributed by atoms with Crippen LogP contribution in [0.25, 0.3) is 0 Å². The van der Waals surface area contributed by atoms with Gasteiger partial charge in [0.05, 0.1) is 67.1 Å². The average Bonchev–Trinajstić information content (AvgIpc) is 3.14. The second-order valence-corrected chi connectivity index (χ2v) is 15.9. The largest absolute Gasteiger partial charge is 0.393 e. The van der Waals surface area contributed by atoms with Gasteiger partial charge in [0, 0.05) is 31.7 Å². The zero-order valence-corrected chi connectivity index (χ0v) is 35.2. The Hall–Kier alpha value is -2.66. The maximum absolute atomic E-state index is 13.2. The predicted octanol–water partition coefficient (Wildman–Crippen LogP) is -1.15. The number of aliphatic hydroxyl groups excluding tert-OH is 12. The van der Waals surface area contributed by atoms with Crippen LogP contribution in [-0.4, -0.2) is 171 Å². The summed E-state index contributed by atoms with van der Waals surface area (Å²) in [7, 11) is 0. The quantitative estimate of drug-likeness (QED) is 0.0129. The minimum absolute atomic E-state index is 0.0289. The topological polar surface area (TPSA) is 343 Å². The molecule has 1 rings (SSSR count). The smallest absolute Gasteiger partial charge is 0.186 e. The van der Waals surface area contributed by atoms with Crippen LogP contribution in [0.3, 0.4) is 0 Å². The number of hydrogen-bond acceptors (Lipinski definition) is 16. The first kappa shape index (κ1) is 55.4. The van der Waals surface area contributed by atoms with Gasteiger partial charge in [0.2, 0.25) is 0 Å². The Bertz CT molecular complexity index is 1310. The summed E-state index contributed by atoms with van der Waals surface area (Å²) in [6, 6.07) is 0. The van der Waals surface area contributed by atoms with Gasteiger partial charge in [0.15, 0.2) is 12.2 Å². The molecule has 1 fully saturated rings. The predicted molar refractivity (Wildman–Crippen MR) is 224 cm³/mol. The number of carbonyl (C=O) groups excluding carboxylic acids is 1. The monoisotopic (exact) mass is 862 g/mol. The van der Waals surface area contributed by atoms with Gasteiger partial charge in [-0.2, -0.15) is 0 Å². The summed E-state index contributed by atoms with van der Waals surface area (Å²) < 4.78 is 11.5. The molecule has 1 heterocycles. The summed E-state index contributed by atoms with van der Waals surface area (Å²) in [5, 5.41) is 124. The Kier molecular flexibility index (Phi) is 28.0. The third-order valence-electron chi connectivity index (χ3n) is 10.2. The Labute approximate surface area is 353 Å². The zero-order valence-electron chi connectivity index (χ0n) is 35.2. The van der Waals surface area contributed by atoms with Gasteiger partial charge in [-0.15, -0.1) is 0 Å². The lowest BCUT2D eigenvalue weighted by Crippen LogP contribution is -2.58. The Morgan fingerprint density at radius 1 is 0.683 bits per heavy atom. The molecule has 18 heteroatoms. The van der Waals surface area contributed by atoms with Crippen molar-refractivity contribution in [1.29, 1.82) is 0 Å². The molecule has 0 aromatic carbocycles. The lowest BCUT2D eigenvalue weighted by atomic mass is 9.91. The first-order valence-corrected chi connectivity index (χ1v) is 20.9. The van der Waals surface area contributed by atoms with E-state index in [1.54, 1.807) is 37.3 Å². The highest BCUT2D eigenvalue weighted by Crippen LogP contribution is 2.27. The molecule has 348 valence electrons. The number of aliphatic imine (C=N–C) groups is 1. The molecule has 0 aliphatic carbocycles. The highest BCUT2D eigenvalue weighted by Gasteiger charge is 2.44. The maximum Gasteiger partial charge on any atom is 0.186 e. The van der Waals surface area contributed by atoms with Crippen LogP contribution >= 0.6 is 0 Å². The van der Waals surface area contributed by atoms with Crippen molar-refractivity contribution in [3.8, 4) is 0 Å². The summed E-state index contributed by atoms with van der Waals surface area (Å²) in [5.41, 5.74) is 10.5. The van der Waals surface area contributed by atoms with Gasteiger partial charge in [-0.25, -0.2) is 0 Å². The van der Waals surface area contributed by atoms with Crippen LogP contribution in [0, 0.1) is 5.92 Å².